The van der Waals surface area contributed by atoms with Crippen molar-refractivity contribution in [3.8, 4) is 11.5 Å². The van der Waals surface area contributed by atoms with Crippen LogP contribution in [0.5, 0.6) is 0 Å². The largest absolute Gasteiger partial charge is 0.421 e. The first-order chi connectivity index (χ1) is 10.2. The molecule has 0 fully saturated rings. The van der Waals surface area contributed by atoms with Crippen LogP contribution in [0.15, 0.2) is 52.9 Å². The van der Waals surface area contributed by atoms with Crippen LogP contribution in [0.3, 0.4) is 0 Å². The molecule has 0 saturated heterocycles. The summed E-state index contributed by atoms with van der Waals surface area (Å²) < 4.78 is 18.5. The standard InChI is InChI=1S/C17H15FN2O/c1-12-2-4-13(5-3-12)6-11-16-19-20-17(21-16)14-7-9-15(18)10-8-14/h2-5,7-10H,6,11H2,1H3. The fourth-order valence-electron chi connectivity index (χ4n) is 2.07. The van der Waals surface area contributed by atoms with Crippen LogP contribution >= 0.6 is 0 Å². The highest BCUT2D eigenvalue weighted by Gasteiger charge is 2.08. The van der Waals surface area contributed by atoms with Crippen molar-refractivity contribution >= 4 is 0 Å². The lowest BCUT2D eigenvalue weighted by Crippen LogP contribution is -1.91. The van der Waals surface area contributed by atoms with Crippen LogP contribution in [0.4, 0.5) is 4.39 Å². The van der Waals surface area contributed by atoms with E-state index in [9.17, 15) is 4.39 Å². The Morgan fingerprint density at radius 1 is 0.905 bits per heavy atom. The van der Waals surface area contributed by atoms with E-state index >= 15 is 0 Å². The molecule has 0 aliphatic rings. The fraction of sp³-hybridized carbons (Fsp3) is 0.176. The van der Waals surface area contributed by atoms with E-state index in [0.29, 0.717) is 18.2 Å². The third-order valence-electron chi connectivity index (χ3n) is 3.31. The highest BCUT2D eigenvalue weighted by molar-refractivity contribution is 5.51. The Bertz CT molecular complexity index is 717. The van der Waals surface area contributed by atoms with E-state index in [2.05, 4.69) is 41.4 Å². The summed E-state index contributed by atoms with van der Waals surface area (Å²) in [7, 11) is 0. The molecule has 106 valence electrons. The number of hydrogen-bond donors (Lipinski definition) is 0. The molecule has 3 aromatic rings. The van der Waals surface area contributed by atoms with Gasteiger partial charge in [0.1, 0.15) is 5.82 Å². The highest BCUT2D eigenvalue weighted by Crippen LogP contribution is 2.18. The van der Waals surface area contributed by atoms with Gasteiger partial charge in [-0.2, -0.15) is 0 Å². The Labute approximate surface area is 122 Å². The van der Waals surface area contributed by atoms with Crippen LogP contribution in [-0.2, 0) is 12.8 Å². The van der Waals surface area contributed by atoms with Crippen LogP contribution in [-0.4, -0.2) is 10.2 Å². The number of nitrogens with zero attached hydrogens (tertiary/aromatic N) is 2. The molecule has 0 atom stereocenters. The fourth-order valence-corrected chi connectivity index (χ4v) is 2.07. The molecule has 0 saturated carbocycles. The van der Waals surface area contributed by atoms with Crippen molar-refractivity contribution in [3.63, 3.8) is 0 Å². The normalized spacial score (nSPS) is 10.8. The van der Waals surface area contributed by atoms with Crippen molar-refractivity contribution in [3.05, 3.63) is 71.4 Å². The molecule has 2 aromatic carbocycles. The molecule has 0 bridgehead atoms. The second kappa shape index (κ2) is 5.87. The zero-order valence-electron chi connectivity index (χ0n) is 11.7. The summed E-state index contributed by atoms with van der Waals surface area (Å²) in [4.78, 5) is 0. The first kappa shape index (κ1) is 13.5. The second-order valence-electron chi connectivity index (χ2n) is 4.99. The van der Waals surface area contributed by atoms with E-state index in [4.69, 9.17) is 4.42 Å². The van der Waals surface area contributed by atoms with Gasteiger partial charge in [-0.3, -0.25) is 0 Å². The van der Waals surface area contributed by atoms with E-state index in [1.165, 1.54) is 23.3 Å². The van der Waals surface area contributed by atoms with Gasteiger partial charge in [-0.05, 0) is 43.2 Å². The van der Waals surface area contributed by atoms with Gasteiger partial charge >= 0.3 is 0 Å². The van der Waals surface area contributed by atoms with Gasteiger partial charge in [-0.1, -0.05) is 29.8 Å². The molecule has 0 amide bonds. The molecule has 0 aliphatic carbocycles. The van der Waals surface area contributed by atoms with Gasteiger partial charge in [0.15, 0.2) is 0 Å². The smallest absolute Gasteiger partial charge is 0.247 e. The lowest BCUT2D eigenvalue weighted by molar-refractivity contribution is 0.504. The number of halogens is 1. The second-order valence-corrected chi connectivity index (χ2v) is 4.99. The molecule has 21 heavy (non-hydrogen) atoms. The van der Waals surface area contributed by atoms with Gasteiger partial charge in [0.05, 0.1) is 0 Å². The first-order valence-corrected chi connectivity index (χ1v) is 6.84. The maximum Gasteiger partial charge on any atom is 0.247 e. The number of aryl methyl sites for hydroxylation is 3. The van der Waals surface area contributed by atoms with Crippen molar-refractivity contribution in [1.82, 2.24) is 10.2 Å². The van der Waals surface area contributed by atoms with E-state index in [1.54, 1.807) is 12.1 Å². The molecule has 0 spiro atoms. The minimum atomic E-state index is -0.280. The van der Waals surface area contributed by atoms with E-state index in [0.717, 1.165) is 12.0 Å². The zero-order chi connectivity index (χ0) is 14.7. The Morgan fingerprint density at radius 2 is 1.62 bits per heavy atom. The van der Waals surface area contributed by atoms with Crippen LogP contribution in [0.2, 0.25) is 0 Å². The Hall–Kier alpha value is -2.49. The summed E-state index contributed by atoms with van der Waals surface area (Å²) in [5.74, 6) is 0.738. The monoisotopic (exact) mass is 282 g/mol. The Morgan fingerprint density at radius 3 is 2.33 bits per heavy atom. The van der Waals surface area contributed by atoms with Crippen LogP contribution in [0.1, 0.15) is 17.0 Å². The van der Waals surface area contributed by atoms with Crippen molar-refractivity contribution < 1.29 is 8.81 Å². The van der Waals surface area contributed by atoms with Gasteiger partial charge in [0.25, 0.3) is 0 Å². The van der Waals surface area contributed by atoms with E-state index in [-0.39, 0.29) is 5.82 Å². The van der Waals surface area contributed by atoms with E-state index < -0.39 is 0 Å². The third-order valence-corrected chi connectivity index (χ3v) is 3.31. The Kier molecular flexibility index (Phi) is 3.77. The van der Waals surface area contributed by atoms with Gasteiger partial charge in [-0.15, -0.1) is 10.2 Å². The summed E-state index contributed by atoms with van der Waals surface area (Å²) >= 11 is 0. The number of hydrogen-bond acceptors (Lipinski definition) is 3. The average molecular weight is 282 g/mol. The minimum absolute atomic E-state index is 0.280. The van der Waals surface area contributed by atoms with Crippen LogP contribution in [0.25, 0.3) is 11.5 Å². The van der Waals surface area contributed by atoms with E-state index in [1.807, 2.05) is 0 Å². The van der Waals surface area contributed by atoms with Gasteiger partial charge in [-0.25, -0.2) is 4.39 Å². The lowest BCUT2D eigenvalue weighted by atomic mass is 10.1. The summed E-state index contributed by atoms with van der Waals surface area (Å²) in [6.45, 7) is 2.07. The highest BCUT2D eigenvalue weighted by atomic mass is 19.1. The quantitative estimate of drug-likeness (QED) is 0.726. The molecule has 0 N–H and O–H groups in total. The zero-order valence-corrected chi connectivity index (χ0v) is 11.7. The molecule has 3 rings (SSSR count). The van der Waals surface area contributed by atoms with Crippen molar-refractivity contribution in [2.45, 2.75) is 19.8 Å². The number of aromatic nitrogens is 2. The maximum atomic E-state index is 12.9. The third kappa shape index (κ3) is 3.34. The summed E-state index contributed by atoms with van der Waals surface area (Å²) in [5, 5.41) is 8.04. The Balaban J connectivity index is 1.67. The van der Waals surface area contributed by atoms with Crippen LogP contribution in [0, 0.1) is 12.7 Å². The molecule has 1 heterocycles. The SMILES string of the molecule is Cc1ccc(CCc2nnc(-c3ccc(F)cc3)o2)cc1. The minimum Gasteiger partial charge on any atom is -0.421 e. The topological polar surface area (TPSA) is 38.9 Å². The molecule has 0 unspecified atom stereocenters. The predicted octanol–water partition coefficient (Wildman–Crippen LogP) is 3.97. The summed E-state index contributed by atoms with van der Waals surface area (Å²) in [6.07, 6.45) is 1.54. The van der Waals surface area contributed by atoms with Gasteiger partial charge < -0.3 is 4.42 Å². The van der Waals surface area contributed by atoms with Gasteiger partial charge in [0, 0.05) is 12.0 Å². The number of rotatable bonds is 4. The van der Waals surface area contributed by atoms with Crippen molar-refractivity contribution in [2.75, 3.05) is 0 Å². The van der Waals surface area contributed by atoms with Gasteiger partial charge in [0.2, 0.25) is 11.8 Å². The summed E-state index contributed by atoms with van der Waals surface area (Å²) in [6, 6.07) is 14.4. The van der Waals surface area contributed by atoms with Crippen molar-refractivity contribution in [2.24, 2.45) is 0 Å². The summed E-state index contributed by atoms with van der Waals surface area (Å²) in [5.41, 5.74) is 3.21. The predicted molar refractivity (Wildman–Crippen MR) is 78.3 cm³/mol. The molecule has 1 aromatic heterocycles. The molecular weight excluding hydrogens is 267 g/mol. The van der Waals surface area contributed by atoms with Crippen molar-refractivity contribution in [1.29, 1.82) is 0 Å². The molecule has 0 radical (unpaired) electrons. The molecule has 3 nitrogen and oxygen atoms in total. The first-order valence-electron chi connectivity index (χ1n) is 6.84. The lowest BCUT2D eigenvalue weighted by Gasteiger charge is -1.99. The molecular formula is C17H15FN2O. The maximum absolute atomic E-state index is 12.9. The molecule has 0 aliphatic heterocycles. The average Bonchev–Trinajstić information content (AvgIpc) is 2.96. The molecule has 4 heteroatoms. The van der Waals surface area contributed by atoms with Crippen LogP contribution < -0.4 is 0 Å². The number of benzene rings is 2.